The van der Waals surface area contributed by atoms with E-state index in [0.717, 1.165) is 24.5 Å². The minimum Gasteiger partial charge on any atom is -0.480 e. The Hall–Kier alpha value is -2.14. The van der Waals surface area contributed by atoms with Crippen LogP contribution in [0.3, 0.4) is 0 Å². The molecule has 1 aromatic heterocycles. The summed E-state index contributed by atoms with van der Waals surface area (Å²) < 4.78 is 5.15. The number of hydrogen-bond donors (Lipinski definition) is 1. The maximum Gasteiger partial charge on any atom is 0.234 e. The van der Waals surface area contributed by atoms with Crippen molar-refractivity contribution in [3.05, 3.63) is 42.2 Å². The van der Waals surface area contributed by atoms with E-state index in [1.807, 2.05) is 12.1 Å². The first kappa shape index (κ1) is 14.3. The summed E-state index contributed by atoms with van der Waals surface area (Å²) in [6, 6.07) is 8.20. The number of benzene rings is 1. The van der Waals surface area contributed by atoms with Crippen molar-refractivity contribution in [2.24, 2.45) is 5.73 Å². The number of aryl methyl sites for hydroxylation is 1. The molecule has 0 spiro atoms. The van der Waals surface area contributed by atoms with Crippen molar-refractivity contribution in [2.75, 3.05) is 25.1 Å². The van der Waals surface area contributed by atoms with Crippen LogP contribution in [0.15, 0.2) is 36.7 Å². The van der Waals surface area contributed by atoms with E-state index in [1.165, 1.54) is 5.56 Å². The van der Waals surface area contributed by atoms with Crippen molar-refractivity contribution in [2.45, 2.75) is 13.3 Å². The van der Waals surface area contributed by atoms with E-state index < -0.39 is 0 Å². The van der Waals surface area contributed by atoms with Gasteiger partial charge in [0.05, 0.1) is 19.5 Å². The number of para-hydroxylation sites is 1. The average Bonchev–Trinajstić information content (AvgIpc) is 2.49. The number of nitrogens with two attached hydrogens (primary N) is 1. The van der Waals surface area contributed by atoms with E-state index in [4.69, 9.17) is 10.5 Å². The number of aromatic nitrogens is 2. The topological polar surface area (TPSA) is 64.3 Å². The Balaban J connectivity index is 2.38. The van der Waals surface area contributed by atoms with Crippen molar-refractivity contribution >= 4 is 11.5 Å². The molecule has 2 N–H and O–H groups in total. The van der Waals surface area contributed by atoms with Crippen molar-refractivity contribution in [1.82, 2.24) is 9.97 Å². The summed E-state index contributed by atoms with van der Waals surface area (Å²) in [5, 5.41) is 0. The Morgan fingerprint density at radius 2 is 2.05 bits per heavy atom. The number of hydrogen-bond acceptors (Lipinski definition) is 5. The molecule has 0 bridgehead atoms. The number of ether oxygens (including phenoxy) is 1. The maximum atomic E-state index is 5.64. The highest BCUT2D eigenvalue weighted by atomic mass is 16.5. The highest BCUT2D eigenvalue weighted by molar-refractivity contribution is 5.63. The third-order valence-corrected chi connectivity index (χ3v) is 3.08. The van der Waals surface area contributed by atoms with Crippen LogP contribution in [0, 0.1) is 6.92 Å². The molecule has 106 valence electrons. The first-order chi connectivity index (χ1) is 9.76. The largest absolute Gasteiger partial charge is 0.480 e. The molecular formula is C15H20N4O. The van der Waals surface area contributed by atoms with Gasteiger partial charge >= 0.3 is 0 Å². The van der Waals surface area contributed by atoms with E-state index >= 15 is 0 Å². The van der Waals surface area contributed by atoms with Crippen LogP contribution < -0.4 is 15.4 Å². The zero-order chi connectivity index (χ0) is 14.4. The van der Waals surface area contributed by atoms with Gasteiger partial charge in [0.15, 0.2) is 5.82 Å². The minimum atomic E-state index is 0.508. The molecule has 20 heavy (non-hydrogen) atoms. The summed E-state index contributed by atoms with van der Waals surface area (Å²) in [7, 11) is 1.59. The summed E-state index contributed by atoms with van der Waals surface area (Å²) in [5.41, 5.74) is 7.94. The van der Waals surface area contributed by atoms with Crippen molar-refractivity contribution in [3.63, 3.8) is 0 Å². The molecule has 0 saturated heterocycles. The van der Waals surface area contributed by atoms with Crippen LogP contribution in [0.2, 0.25) is 0 Å². The van der Waals surface area contributed by atoms with Gasteiger partial charge in [-0.15, -0.1) is 0 Å². The number of anilines is 2. The molecule has 0 aliphatic heterocycles. The molecule has 5 nitrogen and oxygen atoms in total. The van der Waals surface area contributed by atoms with Gasteiger partial charge in [0.2, 0.25) is 5.88 Å². The molecule has 1 aromatic carbocycles. The van der Waals surface area contributed by atoms with Gasteiger partial charge in [-0.1, -0.05) is 18.2 Å². The molecular weight excluding hydrogens is 252 g/mol. The fraction of sp³-hybridized carbons (Fsp3) is 0.333. The van der Waals surface area contributed by atoms with Crippen LogP contribution in [0.1, 0.15) is 12.0 Å². The number of rotatable bonds is 6. The molecule has 2 rings (SSSR count). The van der Waals surface area contributed by atoms with Crippen LogP contribution >= 0.6 is 0 Å². The Bertz CT molecular complexity index is 559. The highest BCUT2D eigenvalue weighted by Crippen LogP contribution is 2.27. The van der Waals surface area contributed by atoms with Gasteiger partial charge in [-0.05, 0) is 31.5 Å². The molecule has 5 heteroatoms. The first-order valence-electron chi connectivity index (χ1n) is 6.65. The summed E-state index contributed by atoms with van der Waals surface area (Å²) in [5.74, 6) is 1.28. The molecule has 0 aliphatic carbocycles. The lowest BCUT2D eigenvalue weighted by molar-refractivity contribution is 0.396. The second-order valence-electron chi connectivity index (χ2n) is 4.50. The first-order valence-corrected chi connectivity index (χ1v) is 6.65. The lowest BCUT2D eigenvalue weighted by Gasteiger charge is -2.25. The lowest BCUT2D eigenvalue weighted by atomic mass is 10.1. The smallest absolute Gasteiger partial charge is 0.234 e. The Kier molecular flexibility index (Phi) is 4.90. The predicted molar refractivity (Wildman–Crippen MR) is 80.4 cm³/mol. The standard InChI is InChI=1S/C15H20N4O/c1-12-6-3-4-7-13(12)19(9-5-8-16)14-10-17-11-15(18-14)20-2/h3-4,6-7,10-11H,5,8-9,16H2,1-2H3. The van der Waals surface area contributed by atoms with E-state index in [9.17, 15) is 0 Å². The molecule has 0 amide bonds. The maximum absolute atomic E-state index is 5.64. The zero-order valence-corrected chi connectivity index (χ0v) is 11.9. The van der Waals surface area contributed by atoms with Gasteiger partial charge < -0.3 is 15.4 Å². The van der Waals surface area contributed by atoms with Gasteiger partial charge in [-0.25, -0.2) is 0 Å². The van der Waals surface area contributed by atoms with Gasteiger partial charge in [0.1, 0.15) is 0 Å². The van der Waals surface area contributed by atoms with Gasteiger partial charge in [0.25, 0.3) is 0 Å². The number of nitrogens with zero attached hydrogens (tertiary/aromatic N) is 3. The van der Waals surface area contributed by atoms with Crippen LogP contribution in [-0.2, 0) is 0 Å². The van der Waals surface area contributed by atoms with Gasteiger partial charge in [-0.3, -0.25) is 4.98 Å². The molecule has 0 radical (unpaired) electrons. The van der Waals surface area contributed by atoms with Crippen LogP contribution in [-0.4, -0.2) is 30.2 Å². The fourth-order valence-corrected chi connectivity index (χ4v) is 2.04. The van der Waals surface area contributed by atoms with E-state index in [-0.39, 0.29) is 0 Å². The highest BCUT2D eigenvalue weighted by Gasteiger charge is 2.13. The molecule has 0 saturated carbocycles. The zero-order valence-electron chi connectivity index (χ0n) is 11.9. The van der Waals surface area contributed by atoms with E-state index in [2.05, 4.69) is 33.9 Å². The monoisotopic (exact) mass is 272 g/mol. The quantitative estimate of drug-likeness (QED) is 0.874. The Morgan fingerprint density at radius 1 is 1.25 bits per heavy atom. The summed E-state index contributed by atoms with van der Waals surface area (Å²) >= 11 is 0. The molecule has 0 atom stereocenters. The van der Waals surface area contributed by atoms with Crippen LogP contribution in [0.25, 0.3) is 0 Å². The van der Waals surface area contributed by atoms with Crippen molar-refractivity contribution in [3.8, 4) is 5.88 Å². The Morgan fingerprint density at radius 3 is 2.75 bits per heavy atom. The molecule has 1 heterocycles. The van der Waals surface area contributed by atoms with Crippen LogP contribution in [0.4, 0.5) is 11.5 Å². The predicted octanol–water partition coefficient (Wildman–Crippen LogP) is 2.28. The second-order valence-corrected chi connectivity index (χ2v) is 4.50. The van der Waals surface area contributed by atoms with E-state index in [0.29, 0.717) is 12.4 Å². The molecule has 0 unspecified atom stereocenters. The van der Waals surface area contributed by atoms with Crippen molar-refractivity contribution < 1.29 is 4.74 Å². The average molecular weight is 272 g/mol. The molecule has 2 aromatic rings. The second kappa shape index (κ2) is 6.86. The fourth-order valence-electron chi connectivity index (χ4n) is 2.04. The van der Waals surface area contributed by atoms with E-state index in [1.54, 1.807) is 19.5 Å². The lowest BCUT2D eigenvalue weighted by Crippen LogP contribution is -2.23. The molecule has 0 aliphatic rings. The normalized spacial score (nSPS) is 10.3. The number of methoxy groups -OCH3 is 1. The van der Waals surface area contributed by atoms with Crippen LogP contribution in [0.5, 0.6) is 5.88 Å². The molecule has 0 fully saturated rings. The summed E-state index contributed by atoms with van der Waals surface area (Å²) in [4.78, 5) is 10.8. The Labute approximate surface area is 119 Å². The summed E-state index contributed by atoms with van der Waals surface area (Å²) in [6.07, 6.45) is 4.22. The van der Waals surface area contributed by atoms with Gasteiger partial charge in [0, 0.05) is 12.2 Å². The summed E-state index contributed by atoms with van der Waals surface area (Å²) in [6.45, 7) is 3.52. The third-order valence-electron chi connectivity index (χ3n) is 3.08. The van der Waals surface area contributed by atoms with Crippen molar-refractivity contribution in [1.29, 1.82) is 0 Å². The van der Waals surface area contributed by atoms with Gasteiger partial charge in [-0.2, -0.15) is 4.98 Å². The SMILES string of the molecule is COc1cncc(N(CCCN)c2ccccc2C)n1. The third kappa shape index (κ3) is 3.24. The minimum absolute atomic E-state index is 0.508.